The molecule has 2 atom stereocenters. The monoisotopic (exact) mass is 442 g/mol. The number of ether oxygens (including phenoxy) is 1. The van der Waals surface area contributed by atoms with Crippen LogP contribution in [0.5, 0.6) is 0 Å². The van der Waals surface area contributed by atoms with Gasteiger partial charge in [0.15, 0.2) is 0 Å². The fraction of sp³-hybridized carbons (Fsp3) is 0.542. The number of nitrogens with zero attached hydrogens (tertiary/aromatic N) is 4. The number of anilines is 1. The maximum Gasteiger partial charge on any atom is 0.341 e. The summed E-state index contributed by atoms with van der Waals surface area (Å²) in [5.74, 6) is 0.133. The summed E-state index contributed by atoms with van der Waals surface area (Å²) < 4.78 is 4.97. The molecule has 1 aromatic heterocycles. The molecule has 0 bridgehead atoms. The second-order valence-corrected chi connectivity index (χ2v) is 9.08. The van der Waals surface area contributed by atoms with Crippen LogP contribution >= 0.6 is 0 Å². The van der Waals surface area contributed by atoms with Crippen molar-refractivity contribution in [3.63, 3.8) is 0 Å². The van der Waals surface area contributed by atoms with Gasteiger partial charge in [-0.3, -0.25) is 4.90 Å². The largest absolute Gasteiger partial charge is 0.462 e. The van der Waals surface area contributed by atoms with Gasteiger partial charge < -0.3 is 19.8 Å². The Balaban J connectivity index is 1.68. The number of esters is 1. The molecular formula is C24H34N4O4. The maximum atomic E-state index is 11.8. The molecule has 32 heavy (non-hydrogen) atoms. The summed E-state index contributed by atoms with van der Waals surface area (Å²) in [6.07, 6.45) is 2.10. The highest BCUT2D eigenvalue weighted by molar-refractivity contribution is 5.88. The maximum absolute atomic E-state index is 11.8. The van der Waals surface area contributed by atoms with Gasteiger partial charge in [0.05, 0.1) is 30.9 Å². The standard InChI is InChI=1S/C24H34N4O4/c1-5-32-22(31)18-14-25-23(26-15-18)28-12-10-27(11-13-28)21(20(30)16-29)17-6-8-19(9-7-17)24(2,3)4/h6-9,14-15,20-21,29-30H,5,10-13,16H2,1-4H3/t20-,21-/m1/s1. The number of aliphatic hydroxyl groups excluding tert-OH is 2. The van der Waals surface area contributed by atoms with E-state index < -0.39 is 12.1 Å². The molecule has 1 aliphatic heterocycles. The number of hydrogen-bond donors (Lipinski definition) is 2. The van der Waals surface area contributed by atoms with Crippen molar-refractivity contribution in [1.82, 2.24) is 14.9 Å². The Labute approximate surface area is 189 Å². The van der Waals surface area contributed by atoms with Crippen molar-refractivity contribution in [1.29, 1.82) is 0 Å². The van der Waals surface area contributed by atoms with Crippen molar-refractivity contribution >= 4 is 11.9 Å². The Hall–Kier alpha value is -2.55. The van der Waals surface area contributed by atoms with Crippen LogP contribution in [0.25, 0.3) is 0 Å². The molecule has 0 saturated carbocycles. The number of carbonyl (C=O) groups excluding carboxylic acids is 1. The number of hydrogen-bond acceptors (Lipinski definition) is 8. The lowest BCUT2D eigenvalue weighted by Crippen LogP contribution is -2.51. The molecule has 2 N–H and O–H groups in total. The van der Waals surface area contributed by atoms with Gasteiger partial charge in [-0.1, -0.05) is 45.0 Å². The number of rotatable bonds is 7. The normalized spacial score (nSPS) is 17.1. The zero-order valence-corrected chi connectivity index (χ0v) is 19.4. The molecule has 0 amide bonds. The van der Waals surface area contributed by atoms with E-state index in [2.05, 4.69) is 52.7 Å². The Morgan fingerprint density at radius 2 is 1.69 bits per heavy atom. The second kappa shape index (κ2) is 10.4. The molecule has 8 nitrogen and oxygen atoms in total. The molecular weight excluding hydrogens is 408 g/mol. The summed E-state index contributed by atoms with van der Waals surface area (Å²) in [5.41, 5.74) is 2.60. The van der Waals surface area contributed by atoms with Crippen molar-refractivity contribution in [2.45, 2.75) is 45.3 Å². The van der Waals surface area contributed by atoms with E-state index in [0.29, 0.717) is 44.3 Å². The highest BCUT2D eigenvalue weighted by atomic mass is 16.5. The van der Waals surface area contributed by atoms with Crippen LogP contribution in [0.1, 0.15) is 55.2 Å². The Morgan fingerprint density at radius 3 is 2.19 bits per heavy atom. The van der Waals surface area contributed by atoms with E-state index in [-0.39, 0.29) is 18.1 Å². The summed E-state index contributed by atoms with van der Waals surface area (Å²) in [4.78, 5) is 24.7. The minimum Gasteiger partial charge on any atom is -0.462 e. The van der Waals surface area contributed by atoms with Crippen molar-refractivity contribution < 1.29 is 19.7 Å². The molecule has 1 aliphatic rings. The summed E-state index contributed by atoms with van der Waals surface area (Å²) in [6, 6.07) is 8.01. The first-order valence-corrected chi connectivity index (χ1v) is 11.1. The van der Waals surface area contributed by atoms with Crippen LogP contribution < -0.4 is 4.90 Å². The van der Waals surface area contributed by atoms with Crippen LogP contribution in [0.15, 0.2) is 36.7 Å². The van der Waals surface area contributed by atoms with E-state index in [0.717, 1.165) is 5.56 Å². The lowest BCUT2D eigenvalue weighted by molar-refractivity contribution is 0.00726. The number of aliphatic hydroxyl groups is 2. The third kappa shape index (κ3) is 5.62. The van der Waals surface area contributed by atoms with Crippen molar-refractivity contribution in [2.75, 3.05) is 44.3 Å². The van der Waals surface area contributed by atoms with E-state index in [1.165, 1.54) is 18.0 Å². The fourth-order valence-corrected chi connectivity index (χ4v) is 3.96. The van der Waals surface area contributed by atoms with Gasteiger partial charge >= 0.3 is 5.97 Å². The molecule has 174 valence electrons. The van der Waals surface area contributed by atoms with E-state index in [1.807, 2.05) is 12.1 Å². The predicted octanol–water partition coefficient (Wildman–Crippen LogP) is 2.17. The van der Waals surface area contributed by atoms with Gasteiger partial charge in [0, 0.05) is 38.6 Å². The first kappa shape index (κ1) is 24.1. The molecule has 0 spiro atoms. The lowest BCUT2D eigenvalue weighted by Gasteiger charge is -2.41. The Bertz CT molecular complexity index is 872. The molecule has 2 heterocycles. The van der Waals surface area contributed by atoms with Crippen LogP contribution in [0.4, 0.5) is 5.95 Å². The number of aromatic nitrogens is 2. The predicted molar refractivity (Wildman–Crippen MR) is 123 cm³/mol. The van der Waals surface area contributed by atoms with Crippen LogP contribution in [-0.4, -0.2) is 76.5 Å². The lowest BCUT2D eigenvalue weighted by atomic mass is 9.85. The SMILES string of the molecule is CCOC(=O)c1cnc(N2CCN([C@H](c3ccc(C(C)(C)C)cc3)[C@H](O)CO)CC2)nc1. The molecule has 2 aromatic rings. The quantitative estimate of drug-likeness (QED) is 0.630. The third-order valence-electron chi connectivity index (χ3n) is 5.81. The second-order valence-electron chi connectivity index (χ2n) is 9.08. The molecule has 1 saturated heterocycles. The van der Waals surface area contributed by atoms with Gasteiger partial charge in [-0.15, -0.1) is 0 Å². The highest BCUT2D eigenvalue weighted by Crippen LogP contribution is 2.29. The highest BCUT2D eigenvalue weighted by Gasteiger charge is 2.31. The zero-order chi connectivity index (χ0) is 23.3. The smallest absolute Gasteiger partial charge is 0.341 e. The first-order valence-electron chi connectivity index (χ1n) is 11.1. The third-order valence-corrected chi connectivity index (χ3v) is 5.81. The number of piperazine rings is 1. The van der Waals surface area contributed by atoms with Gasteiger partial charge in [-0.2, -0.15) is 0 Å². The fourth-order valence-electron chi connectivity index (χ4n) is 3.96. The van der Waals surface area contributed by atoms with E-state index in [1.54, 1.807) is 6.92 Å². The Morgan fingerprint density at radius 1 is 1.09 bits per heavy atom. The van der Waals surface area contributed by atoms with Crippen molar-refractivity contribution in [3.05, 3.63) is 53.3 Å². The molecule has 8 heteroatoms. The molecule has 0 unspecified atom stereocenters. The average Bonchev–Trinajstić information content (AvgIpc) is 2.79. The van der Waals surface area contributed by atoms with Gasteiger partial charge in [0.2, 0.25) is 5.95 Å². The first-order chi connectivity index (χ1) is 15.2. The van der Waals surface area contributed by atoms with Crippen LogP contribution in [-0.2, 0) is 10.2 Å². The van der Waals surface area contributed by atoms with E-state index in [4.69, 9.17) is 4.74 Å². The topological polar surface area (TPSA) is 99.0 Å². The van der Waals surface area contributed by atoms with Gasteiger partial charge in [0.1, 0.15) is 0 Å². The molecule has 0 aliphatic carbocycles. The van der Waals surface area contributed by atoms with E-state index in [9.17, 15) is 15.0 Å². The number of carbonyl (C=O) groups is 1. The van der Waals surface area contributed by atoms with Crippen LogP contribution in [0, 0.1) is 0 Å². The van der Waals surface area contributed by atoms with Crippen LogP contribution in [0.3, 0.4) is 0 Å². The van der Waals surface area contributed by atoms with E-state index >= 15 is 0 Å². The van der Waals surface area contributed by atoms with Gasteiger partial charge in [-0.25, -0.2) is 14.8 Å². The molecule has 1 aromatic carbocycles. The molecule has 0 radical (unpaired) electrons. The summed E-state index contributed by atoms with van der Waals surface area (Å²) >= 11 is 0. The average molecular weight is 443 g/mol. The Kier molecular flexibility index (Phi) is 7.82. The summed E-state index contributed by atoms with van der Waals surface area (Å²) in [5, 5.41) is 20.3. The minimum absolute atomic E-state index is 0.0536. The van der Waals surface area contributed by atoms with Crippen molar-refractivity contribution in [2.24, 2.45) is 0 Å². The zero-order valence-electron chi connectivity index (χ0n) is 19.4. The van der Waals surface area contributed by atoms with Crippen molar-refractivity contribution in [3.8, 4) is 0 Å². The molecule has 3 rings (SSSR count). The molecule has 1 fully saturated rings. The van der Waals surface area contributed by atoms with Crippen LogP contribution in [0.2, 0.25) is 0 Å². The summed E-state index contributed by atoms with van der Waals surface area (Å²) in [7, 11) is 0. The number of benzene rings is 1. The minimum atomic E-state index is -0.873. The van der Waals surface area contributed by atoms with Gasteiger partial charge in [0.25, 0.3) is 0 Å². The summed E-state index contributed by atoms with van der Waals surface area (Å²) in [6.45, 7) is 11.0. The van der Waals surface area contributed by atoms with Gasteiger partial charge in [-0.05, 0) is 23.5 Å².